The number of nitrogens with one attached hydrogen (secondary N) is 2. The van der Waals surface area contributed by atoms with E-state index in [0.717, 1.165) is 5.69 Å². The predicted octanol–water partition coefficient (Wildman–Crippen LogP) is 2.41. The molecule has 0 unspecified atom stereocenters. The molecule has 0 atom stereocenters. The Balaban J connectivity index is 2.04. The van der Waals surface area contributed by atoms with Gasteiger partial charge >= 0.3 is 0 Å². The molecule has 0 aliphatic carbocycles. The minimum absolute atomic E-state index is 0.292. The van der Waals surface area contributed by atoms with Gasteiger partial charge in [0.25, 0.3) is 5.91 Å². The van der Waals surface area contributed by atoms with E-state index in [-0.39, 0.29) is 5.91 Å². The second-order valence-electron chi connectivity index (χ2n) is 4.91. The molecule has 128 valence electrons. The minimum Gasteiger partial charge on any atom is -0.497 e. The Morgan fingerprint density at radius 2 is 1.79 bits per heavy atom. The van der Waals surface area contributed by atoms with Gasteiger partial charge in [0.15, 0.2) is 0 Å². The minimum atomic E-state index is -0.292. The first-order valence-electron chi connectivity index (χ1n) is 7.39. The van der Waals surface area contributed by atoms with Crippen molar-refractivity contribution in [1.82, 2.24) is 4.98 Å². The number of amides is 1. The normalized spacial score (nSPS) is 10.1. The molecule has 2 N–H and O–H groups in total. The Bertz CT molecular complexity index is 652. The number of hydrogen-bond acceptors (Lipinski definition) is 6. The maximum atomic E-state index is 12.4. The fraction of sp³-hybridized carbons (Fsp3) is 0.294. The third-order valence-electron chi connectivity index (χ3n) is 3.25. The zero-order chi connectivity index (χ0) is 17.4. The van der Waals surface area contributed by atoms with Crippen LogP contribution in [0.2, 0.25) is 0 Å². The van der Waals surface area contributed by atoms with Crippen LogP contribution in [0.25, 0.3) is 0 Å². The highest BCUT2D eigenvalue weighted by molar-refractivity contribution is 6.04. The topological polar surface area (TPSA) is 81.7 Å². The molecule has 1 aromatic carbocycles. The van der Waals surface area contributed by atoms with Crippen molar-refractivity contribution >= 4 is 17.4 Å². The van der Waals surface area contributed by atoms with Gasteiger partial charge in [-0.15, -0.1) is 0 Å². The highest BCUT2D eigenvalue weighted by atomic mass is 16.5. The molecular weight excluding hydrogens is 310 g/mol. The Morgan fingerprint density at radius 1 is 1.08 bits per heavy atom. The Kier molecular flexibility index (Phi) is 6.39. The zero-order valence-electron chi connectivity index (χ0n) is 14.0. The van der Waals surface area contributed by atoms with Crippen LogP contribution < -0.4 is 20.1 Å². The molecule has 1 amide bonds. The average Bonchev–Trinajstić information content (AvgIpc) is 2.62. The molecule has 0 bridgehead atoms. The van der Waals surface area contributed by atoms with Crippen LogP contribution in [0.15, 0.2) is 36.5 Å². The fourth-order valence-electron chi connectivity index (χ4n) is 2.00. The smallest absolute Gasteiger partial charge is 0.257 e. The van der Waals surface area contributed by atoms with Gasteiger partial charge in [-0.25, -0.2) is 4.98 Å². The number of nitrogens with zero attached hydrogens (tertiary/aromatic N) is 1. The zero-order valence-corrected chi connectivity index (χ0v) is 14.0. The Morgan fingerprint density at radius 3 is 2.33 bits per heavy atom. The number of pyridine rings is 1. The number of carbonyl (C=O) groups is 1. The lowest BCUT2D eigenvalue weighted by Crippen LogP contribution is -2.13. The molecule has 1 aromatic heterocycles. The first kappa shape index (κ1) is 17.6. The van der Waals surface area contributed by atoms with Crippen LogP contribution in [0.1, 0.15) is 10.4 Å². The molecule has 0 aliphatic heterocycles. The summed E-state index contributed by atoms with van der Waals surface area (Å²) in [6, 6.07) is 8.54. The highest BCUT2D eigenvalue weighted by Gasteiger charge is 2.10. The van der Waals surface area contributed by atoms with Gasteiger partial charge in [-0.05, 0) is 24.3 Å². The van der Waals surface area contributed by atoms with Gasteiger partial charge in [-0.3, -0.25) is 4.79 Å². The van der Waals surface area contributed by atoms with Gasteiger partial charge in [-0.1, -0.05) is 0 Å². The monoisotopic (exact) mass is 331 g/mol. The first-order chi connectivity index (χ1) is 11.7. The summed E-state index contributed by atoms with van der Waals surface area (Å²) in [7, 11) is 4.72. The van der Waals surface area contributed by atoms with E-state index in [9.17, 15) is 4.79 Å². The molecule has 0 radical (unpaired) electrons. The molecule has 0 fully saturated rings. The number of methoxy groups -OCH3 is 3. The average molecular weight is 331 g/mol. The van der Waals surface area contributed by atoms with Gasteiger partial charge in [0.05, 0.1) is 32.7 Å². The van der Waals surface area contributed by atoms with Gasteiger partial charge < -0.3 is 24.8 Å². The van der Waals surface area contributed by atoms with E-state index in [0.29, 0.717) is 36.0 Å². The molecule has 1 heterocycles. The molecule has 7 nitrogen and oxygen atoms in total. The fourth-order valence-corrected chi connectivity index (χ4v) is 2.00. The van der Waals surface area contributed by atoms with Crippen LogP contribution in [0.4, 0.5) is 11.5 Å². The number of aromatic nitrogens is 1. The third-order valence-corrected chi connectivity index (χ3v) is 3.25. The molecule has 2 rings (SSSR count). The number of anilines is 2. The summed E-state index contributed by atoms with van der Waals surface area (Å²) in [5, 5.41) is 5.90. The summed E-state index contributed by atoms with van der Waals surface area (Å²) in [5.74, 6) is 1.26. The first-order valence-corrected chi connectivity index (χ1v) is 7.39. The molecule has 2 aromatic rings. The summed E-state index contributed by atoms with van der Waals surface area (Å²) >= 11 is 0. The van der Waals surface area contributed by atoms with E-state index in [1.165, 1.54) is 14.2 Å². The van der Waals surface area contributed by atoms with E-state index in [1.807, 2.05) is 6.07 Å². The van der Waals surface area contributed by atoms with Crippen LogP contribution in [0, 0.1) is 0 Å². The summed E-state index contributed by atoms with van der Waals surface area (Å²) in [4.78, 5) is 16.6. The standard InChI is InChI=1S/C17H21N3O4/c1-22-7-6-18-13-4-5-16(19-11-13)20-17(21)12-8-14(23-2)10-15(9-12)24-3/h4-5,8-11,18H,6-7H2,1-3H3,(H,19,20,21). The molecular formula is C17H21N3O4. The van der Waals surface area contributed by atoms with E-state index in [4.69, 9.17) is 14.2 Å². The second-order valence-corrected chi connectivity index (χ2v) is 4.91. The van der Waals surface area contributed by atoms with Crippen molar-refractivity contribution in [3.05, 3.63) is 42.1 Å². The molecule has 7 heteroatoms. The molecule has 0 saturated heterocycles. The van der Waals surface area contributed by atoms with E-state index in [1.54, 1.807) is 37.6 Å². The van der Waals surface area contributed by atoms with E-state index < -0.39 is 0 Å². The predicted molar refractivity (Wildman–Crippen MR) is 92.1 cm³/mol. The Hall–Kier alpha value is -2.80. The van der Waals surface area contributed by atoms with Crippen molar-refractivity contribution in [2.75, 3.05) is 45.1 Å². The maximum Gasteiger partial charge on any atom is 0.257 e. The van der Waals surface area contributed by atoms with Crippen LogP contribution >= 0.6 is 0 Å². The van der Waals surface area contributed by atoms with Gasteiger partial charge in [0.2, 0.25) is 0 Å². The maximum absolute atomic E-state index is 12.4. The lowest BCUT2D eigenvalue weighted by Gasteiger charge is -2.10. The van der Waals surface area contributed by atoms with Crippen LogP contribution in [0.3, 0.4) is 0 Å². The van der Waals surface area contributed by atoms with Crippen molar-refractivity contribution in [3.8, 4) is 11.5 Å². The van der Waals surface area contributed by atoms with Crippen molar-refractivity contribution in [2.45, 2.75) is 0 Å². The van der Waals surface area contributed by atoms with Crippen LogP contribution in [-0.2, 0) is 4.74 Å². The Labute approximate surface area is 140 Å². The summed E-state index contributed by atoms with van der Waals surface area (Å²) in [6.45, 7) is 1.30. The molecule has 0 aliphatic rings. The summed E-state index contributed by atoms with van der Waals surface area (Å²) in [5.41, 5.74) is 1.28. The van der Waals surface area contributed by atoms with E-state index >= 15 is 0 Å². The number of ether oxygens (including phenoxy) is 3. The number of benzene rings is 1. The van der Waals surface area contributed by atoms with Crippen molar-refractivity contribution in [1.29, 1.82) is 0 Å². The quantitative estimate of drug-likeness (QED) is 0.723. The molecule has 24 heavy (non-hydrogen) atoms. The summed E-state index contributed by atoms with van der Waals surface area (Å²) < 4.78 is 15.3. The second kappa shape index (κ2) is 8.73. The van der Waals surface area contributed by atoms with Gasteiger partial charge in [0.1, 0.15) is 17.3 Å². The number of hydrogen-bond donors (Lipinski definition) is 2. The van der Waals surface area contributed by atoms with Crippen LogP contribution in [0.5, 0.6) is 11.5 Å². The number of rotatable bonds is 8. The SMILES string of the molecule is COCCNc1ccc(NC(=O)c2cc(OC)cc(OC)c2)nc1. The summed E-state index contributed by atoms with van der Waals surface area (Å²) in [6.07, 6.45) is 1.65. The van der Waals surface area contributed by atoms with Crippen molar-refractivity contribution in [3.63, 3.8) is 0 Å². The highest BCUT2D eigenvalue weighted by Crippen LogP contribution is 2.23. The lowest BCUT2D eigenvalue weighted by atomic mass is 10.2. The van der Waals surface area contributed by atoms with E-state index in [2.05, 4.69) is 15.6 Å². The van der Waals surface area contributed by atoms with Crippen LogP contribution in [-0.4, -0.2) is 45.4 Å². The van der Waals surface area contributed by atoms with Crippen molar-refractivity contribution < 1.29 is 19.0 Å². The third kappa shape index (κ3) is 4.85. The van der Waals surface area contributed by atoms with Crippen molar-refractivity contribution in [2.24, 2.45) is 0 Å². The molecule has 0 saturated carbocycles. The largest absolute Gasteiger partial charge is 0.497 e. The van der Waals surface area contributed by atoms with Gasteiger partial charge in [-0.2, -0.15) is 0 Å². The number of carbonyl (C=O) groups excluding carboxylic acids is 1. The molecule has 0 spiro atoms. The van der Waals surface area contributed by atoms with Gasteiger partial charge in [0, 0.05) is 25.3 Å². The lowest BCUT2D eigenvalue weighted by molar-refractivity contribution is 0.102.